The van der Waals surface area contributed by atoms with Gasteiger partial charge in [0.15, 0.2) is 0 Å². The molecule has 2 amide bonds. The van der Waals surface area contributed by atoms with Crippen LogP contribution in [0.1, 0.15) is 55.7 Å². The summed E-state index contributed by atoms with van der Waals surface area (Å²) in [5, 5.41) is 5.68. The van der Waals surface area contributed by atoms with Crippen LogP contribution < -0.4 is 21.5 Å². The highest BCUT2D eigenvalue weighted by atomic mass is 19.1. The topological polar surface area (TPSA) is 82.3 Å². The first kappa shape index (κ1) is 18.8. The van der Waals surface area contributed by atoms with Gasteiger partial charge in [-0.05, 0) is 43.4 Å². The number of hydrazine groups is 1. The van der Waals surface area contributed by atoms with E-state index in [1.54, 1.807) is 19.1 Å². The van der Waals surface area contributed by atoms with Gasteiger partial charge in [-0.15, -0.1) is 0 Å². The zero-order chi connectivity index (χ0) is 18.5. The average molecular weight is 362 g/mol. The molecule has 0 bridgehead atoms. The Labute approximate surface area is 153 Å². The van der Waals surface area contributed by atoms with Crippen molar-refractivity contribution >= 4 is 11.8 Å². The van der Waals surface area contributed by atoms with Crippen molar-refractivity contribution in [2.24, 2.45) is 0 Å². The second-order valence-electron chi connectivity index (χ2n) is 7.26. The maximum absolute atomic E-state index is 13.4. The molecule has 1 saturated heterocycles. The van der Waals surface area contributed by atoms with Crippen molar-refractivity contribution < 1.29 is 14.0 Å². The van der Waals surface area contributed by atoms with E-state index in [4.69, 9.17) is 0 Å². The molecule has 0 aromatic heterocycles. The first-order valence-corrected chi connectivity index (χ1v) is 9.37. The molecule has 1 aromatic rings. The van der Waals surface area contributed by atoms with Crippen LogP contribution in [0.15, 0.2) is 18.2 Å². The van der Waals surface area contributed by atoms with E-state index >= 15 is 0 Å². The van der Waals surface area contributed by atoms with E-state index in [0.29, 0.717) is 12.0 Å². The summed E-state index contributed by atoms with van der Waals surface area (Å²) in [6, 6.07) is 4.70. The molecule has 1 heterocycles. The van der Waals surface area contributed by atoms with Crippen LogP contribution in [0.25, 0.3) is 0 Å². The molecule has 4 N–H and O–H groups in total. The molecule has 6 nitrogen and oxygen atoms in total. The number of hydrogen-bond donors (Lipinski definition) is 4. The number of rotatable bonds is 5. The largest absolute Gasteiger partial charge is 0.352 e. The van der Waals surface area contributed by atoms with Gasteiger partial charge in [0, 0.05) is 12.1 Å². The normalized spacial score (nSPS) is 23.6. The Bertz CT molecular complexity index is 661. The molecular formula is C19H27FN4O2. The predicted octanol–water partition coefficient (Wildman–Crippen LogP) is 1.61. The van der Waals surface area contributed by atoms with Gasteiger partial charge in [-0.2, -0.15) is 0 Å². The SMILES string of the molecule is Cc1cc(C2CC(C(=O)NCC(=O)NC3CCCCC3)NN2)ccc1F. The summed E-state index contributed by atoms with van der Waals surface area (Å²) in [7, 11) is 0. The summed E-state index contributed by atoms with van der Waals surface area (Å²) >= 11 is 0. The van der Waals surface area contributed by atoms with Gasteiger partial charge < -0.3 is 10.6 Å². The molecule has 1 aromatic carbocycles. The number of carbonyl (C=O) groups excluding carboxylic acids is 2. The van der Waals surface area contributed by atoms with Crippen LogP contribution in [0, 0.1) is 12.7 Å². The minimum atomic E-state index is -0.423. The Balaban J connectivity index is 1.43. The molecule has 2 atom stereocenters. The minimum absolute atomic E-state index is 0.00611. The van der Waals surface area contributed by atoms with Crippen molar-refractivity contribution in [3.05, 3.63) is 35.1 Å². The van der Waals surface area contributed by atoms with E-state index in [9.17, 15) is 14.0 Å². The lowest BCUT2D eigenvalue weighted by atomic mass is 9.95. The van der Waals surface area contributed by atoms with Gasteiger partial charge in [0.25, 0.3) is 0 Å². The lowest BCUT2D eigenvalue weighted by Gasteiger charge is -2.22. The van der Waals surface area contributed by atoms with Crippen LogP contribution in [0.2, 0.25) is 0 Å². The molecule has 0 radical (unpaired) electrons. The van der Waals surface area contributed by atoms with Gasteiger partial charge in [-0.25, -0.2) is 15.2 Å². The van der Waals surface area contributed by atoms with Crippen molar-refractivity contribution in [2.45, 2.75) is 63.6 Å². The summed E-state index contributed by atoms with van der Waals surface area (Å²) in [4.78, 5) is 24.3. The molecule has 7 heteroatoms. The Hall–Kier alpha value is -1.99. The molecule has 2 unspecified atom stereocenters. The number of halogens is 1. The third-order valence-corrected chi connectivity index (χ3v) is 5.20. The molecule has 1 aliphatic heterocycles. The van der Waals surface area contributed by atoms with Gasteiger partial charge >= 0.3 is 0 Å². The van der Waals surface area contributed by atoms with Gasteiger partial charge in [-0.3, -0.25) is 9.59 Å². The maximum atomic E-state index is 13.4. The summed E-state index contributed by atoms with van der Waals surface area (Å²) in [5.41, 5.74) is 7.54. The van der Waals surface area contributed by atoms with Crippen molar-refractivity contribution in [1.82, 2.24) is 21.5 Å². The van der Waals surface area contributed by atoms with E-state index in [1.807, 2.05) is 0 Å². The van der Waals surface area contributed by atoms with Gasteiger partial charge in [0.05, 0.1) is 6.54 Å². The minimum Gasteiger partial charge on any atom is -0.352 e. The standard InChI is InChI=1S/C19H27FN4O2/c1-12-9-13(7-8-15(12)20)16-10-17(24-23-16)19(26)21-11-18(25)22-14-5-3-2-4-6-14/h7-9,14,16-17,23-24H,2-6,10-11H2,1H3,(H,21,26)(H,22,25). The van der Waals surface area contributed by atoms with E-state index in [-0.39, 0.29) is 36.3 Å². The van der Waals surface area contributed by atoms with Crippen molar-refractivity contribution in [1.29, 1.82) is 0 Å². The lowest BCUT2D eigenvalue weighted by molar-refractivity contribution is -0.127. The van der Waals surface area contributed by atoms with Gasteiger partial charge in [-0.1, -0.05) is 31.4 Å². The van der Waals surface area contributed by atoms with E-state index in [0.717, 1.165) is 31.2 Å². The van der Waals surface area contributed by atoms with Crippen LogP contribution in [-0.4, -0.2) is 30.4 Å². The van der Waals surface area contributed by atoms with Crippen LogP contribution in [-0.2, 0) is 9.59 Å². The molecule has 0 spiro atoms. The quantitative estimate of drug-likeness (QED) is 0.641. The second kappa shape index (κ2) is 8.60. The Morgan fingerprint density at radius 2 is 1.96 bits per heavy atom. The molecule has 2 aliphatic rings. The number of nitrogens with one attached hydrogen (secondary N) is 4. The average Bonchev–Trinajstić information content (AvgIpc) is 3.13. The lowest BCUT2D eigenvalue weighted by Crippen LogP contribution is -2.48. The molecule has 1 aliphatic carbocycles. The number of hydrogen-bond acceptors (Lipinski definition) is 4. The highest BCUT2D eigenvalue weighted by molar-refractivity contribution is 5.87. The molecular weight excluding hydrogens is 335 g/mol. The van der Waals surface area contributed by atoms with Gasteiger partial charge in [0.2, 0.25) is 11.8 Å². The molecule has 26 heavy (non-hydrogen) atoms. The zero-order valence-corrected chi connectivity index (χ0v) is 15.1. The van der Waals surface area contributed by atoms with Crippen molar-refractivity contribution in [3.8, 4) is 0 Å². The Kier molecular flexibility index (Phi) is 6.21. The maximum Gasteiger partial charge on any atom is 0.239 e. The highest BCUT2D eigenvalue weighted by Crippen LogP contribution is 2.24. The molecule has 142 valence electrons. The predicted molar refractivity (Wildman–Crippen MR) is 96.6 cm³/mol. The summed E-state index contributed by atoms with van der Waals surface area (Å²) in [5.74, 6) is -0.586. The zero-order valence-electron chi connectivity index (χ0n) is 15.1. The molecule has 2 fully saturated rings. The van der Waals surface area contributed by atoms with Crippen molar-refractivity contribution in [3.63, 3.8) is 0 Å². The number of carbonyl (C=O) groups is 2. The summed E-state index contributed by atoms with van der Waals surface area (Å²) in [6.45, 7) is 1.71. The third-order valence-electron chi connectivity index (χ3n) is 5.20. The monoisotopic (exact) mass is 362 g/mol. The van der Waals surface area contributed by atoms with E-state index < -0.39 is 6.04 Å². The summed E-state index contributed by atoms with van der Waals surface area (Å²) in [6.07, 6.45) is 6.12. The fraction of sp³-hybridized carbons (Fsp3) is 0.579. The van der Waals surface area contributed by atoms with Crippen LogP contribution in [0.3, 0.4) is 0 Å². The number of aryl methyl sites for hydroxylation is 1. The summed E-state index contributed by atoms with van der Waals surface area (Å²) < 4.78 is 13.4. The van der Waals surface area contributed by atoms with Crippen molar-refractivity contribution in [2.75, 3.05) is 6.54 Å². The smallest absolute Gasteiger partial charge is 0.239 e. The Morgan fingerprint density at radius 1 is 1.19 bits per heavy atom. The van der Waals surface area contributed by atoms with E-state index in [2.05, 4.69) is 21.5 Å². The fourth-order valence-electron chi connectivity index (χ4n) is 3.65. The molecule has 1 saturated carbocycles. The second-order valence-corrected chi connectivity index (χ2v) is 7.26. The van der Waals surface area contributed by atoms with Crippen LogP contribution in [0.5, 0.6) is 0 Å². The Morgan fingerprint density at radius 3 is 2.69 bits per heavy atom. The van der Waals surface area contributed by atoms with E-state index in [1.165, 1.54) is 12.5 Å². The number of amides is 2. The fourth-order valence-corrected chi connectivity index (χ4v) is 3.65. The first-order valence-electron chi connectivity index (χ1n) is 9.37. The molecule has 3 rings (SSSR count). The number of benzene rings is 1. The highest BCUT2D eigenvalue weighted by Gasteiger charge is 2.30. The van der Waals surface area contributed by atoms with Crippen LogP contribution in [0.4, 0.5) is 4.39 Å². The third kappa shape index (κ3) is 4.80. The van der Waals surface area contributed by atoms with Crippen LogP contribution >= 0.6 is 0 Å². The van der Waals surface area contributed by atoms with Gasteiger partial charge in [0.1, 0.15) is 11.9 Å². The first-order chi connectivity index (χ1) is 12.5.